The molecule has 6 rings (SSSR count). The number of halogens is 1. The van der Waals surface area contributed by atoms with E-state index in [1.807, 2.05) is 5.38 Å². The standard InChI is InChI=1S/C34H39FN4O3S/c1-34(2)11-7-22(8-12-34)33(40)37-14-15-41-16-17-42-29-20-26(35)5-6-27(29)31-32-28(10-18-43-32)30(38-39-31)24-3-4-25-21-36-13-9-23(25)19-24/h3-6,10,18-20,22,36H,7-9,11-17,21H2,1-2H3,(H,37,40). The van der Waals surface area contributed by atoms with Gasteiger partial charge >= 0.3 is 0 Å². The van der Waals surface area contributed by atoms with Crippen molar-refractivity contribution in [1.29, 1.82) is 0 Å². The molecule has 2 aromatic heterocycles. The van der Waals surface area contributed by atoms with Crippen molar-refractivity contribution in [3.63, 3.8) is 0 Å². The first-order valence-electron chi connectivity index (χ1n) is 15.2. The number of ether oxygens (including phenoxy) is 2. The lowest BCUT2D eigenvalue weighted by Gasteiger charge is -2.33. The van der Waals surface area contributed by atoms with Crippen LogP contribution in [0.2, 0.25) is 0 Å². The molecule has 2 aliphatic rings. The summed E-state index contributed by atoms with van der Waals surface area (Å²) in [5, 5.41) is 18.8. The second kappa shape index (κ2) is 13.1. The van der Waals surface area contributed by atoms with Crippen LogP contribution in [0.5, 0.6) is 5.75 Å². The van der Waals surface area contributed by atoms with Crippen LogP contribution in [-0.2, 0) is 22.5 Å². The van der Waals surface area contributed by atoms with Gasteiger partial charge in [-0.15, -0.1) is 21.5 Å². The van der Waals surface area contributed by atoms with E-state index in [1.165, 1.54) is 23.3 Å². The third-order valence-corrected chi connectivity index (χ3v) is 9.61. The summed E-state index contributed by atoms with van der Waals surface area (Å²) in [6.07, 6.45) is 5.05. The van der Waals surface area contributed by atoms with E-state index in [4.69, 9.17) is 9.47 Å². The van der Waals surface area contributed by atoms with Gasteiger partial charge in [0, 0.05) is 41.6 Å². The van der Waals surface area contributed by atoms with Crippen molar-refractivity contribution in [3.8, 4) is 28.3 Å². The molecule has 3 heterocycles. The van der Waals surface area contributed by atoms with E-state index in [0.717, 1.165) is 66.5 Å². The highest BCUT2D eigenvalue weighted by Gasteiger charge is 2.30. The predicted molar refractivity (Wildman–Crippen MR) is 169 cm³/mol. The van der Waals surface area contributed by atoms with Gasteiger partial charge in [0.05, 0.1) is 17.9 Å². The van der Waals surface area contributed by atoms with Crippen LogP contribution < -0.4 is 15.4 Å². The van der Waals surface area contributed by atoms with E-state index in [9.17, 15) is 9.18 Å². The van der Waals surface area contributed by atoms with Crippen molar-refractivity contribution in [3.05, 3.63) is 64.8 Å². The van der Waals surface area contributed by atoms with Gasteiger partial charge in [0.1, 0.15) is 29.6 Å². The molecule has 1 aliphatic carbocycles. The minimum Gasteiger partial charge on any atom is -0.490 e. The molecule has 2 N–H and O–H groups in total. The van der Waals surface area contributed by atoms with Crippen molar-refractivity contribution >= 4 is 27.3 Å². The molecule has 0 saturated heterocycles. The van der Waals surface area contributed by atoms with Gasteiger partial charge < -0.3 is 20.1 Å². The van der Waals surface area contributed by atoms with Crippen LogP contribution in [0.25, 0.3) is 32.6 Å². The molecule has 0 bridgehead atoms. The van der Waals surface area contributed by atoms with Gasteiger partial charge in [-0.1, -0.05) is 26.0 Å². The fourth-order valence-corrected chi connectivity index (χ4v) is 6.96. The molecule has 1 saturated carbocycles. The largest absolute Gasteiger partial charge is 0.490 e. The van der Waals surface area contributed by atoms with E-state index in [0.29, 0.717) is 42.2 Å². The average Bonchev–Trinajstić information content (AvgIpc) is 3.50. The van der Waals surface area contributed by atoms with E-state index in [-0.39, 0.29) is 24.2 Å². The Morgan fingerprint density at radius 2 is 1.88 bits per heavy atom. The van der Waals surface area contributed by atoms with Crippen molar-refractivity contribution in [2.45, 2.75) is 52.5 Å². The minimum absolute atomic E-state index is 0.102. The van der Waals surface area contributed by atoms with E-state index < -0.39 is 0 Å². The first-order valence-corrected chi connectivity index (χ1v) is 16.1. The number of hydrogen-bond acceptors (Lipinski definition) is 7. The fraction of sp³-hybridized carbons (Fsp3) is 0.441. The summed E-state index contributed by atoms with van der Waals surface area (Å²) in [5.74, 6) is 0.236. The molecular formula is C34H39FN4O3S. The molecule has 226 valence electrons. The number of nitrogens with one attached hydrogen (secondary N) is 2. The van der Waals surface area contributed by atoms with Crippen LogP contribution in [0.3, 0.4) is 0 Å². The van der Waals surface area contributed by atoms with Crippen LogP contribution in [0, 0.1) is 17.2 Å². The van der Waals surface area contributed by atoms with E-state index >= 15 is 0 Å². The fourth-order valence-electron chi connectivity index (χ4n) is 6.07. The summed E-state index contributed by atoms with van der Waals surface area (Å²) < 4.78 is 27.0. The SMILES string of the molecule is CC1(C)CCC(C(=O)NCCOCCOc2cc(F)ccc2-c2nnc(-c3ccc4c(c3)CCNC4)c3ccsc23)CC1. The molecule has 0 radical (unpaired) electrons. The molecule has 43 heavy (non-hydrogen) atoms. The molecule has 2 aromatic carbocycles. The van der Waals surface area contributed by atoms with Gasteiger partial charge in [-0.25, -0.2) is 4.39 Å². The number of fused-ring (bicyclic) bond motifs is 2. The third-order valence-electron chi connectivity index (χ3n) is 8.69. The summed E-state index contributed by atoms with van der Waals surface area (Å²) in [6.45, 7) is 7.82. The zero-order chi connectivity index (χ0) is 29.8. The Morgan fingerprint density at radius 1 is 1.05 bits per heavy atom. The first-order chi connectivity index (χ1) is 20.9. The maximum Gasteiger partial charge on any atom is 0.223 e. The Morgan fingerprint density at radius 3 is 2.74 bits per heavy atom. The molecule has 0 spiro atoms. The minimum atomic E-state index is -0.385. The zero-order valence-corrected chi connectivity index (χ0v) is 25.7. The monoisotopic (exact) mass is 602 g/mol. The average molecular weight is 603 g/mol. The summed E-state index contributed by atoms with van der Waals surface area (Å²) in [7, 11) is 0. The molecule has 4 aromatic rings. The van der Waals surface area contributed by atoms with Crippen LogP contribution in [0.15, 0.2) is 47.8 Å². The smallest absolute Gasteiger partial charge is 0.223 e. The van der Waals surface area contributed by atoms with Crippen molar-refractivity contribution < 1.29 is 18.7 Å². The second-order valence-corrected chi connectivity index (χ2v) is 13.2. The predicted octanol–water partition coefficient (Wildman–Crippen LogP) is 6.54. The maximum absolute atomic E-state index is 14.3. The molecule has 1 fully saturated rings. The number of aromatic nitrogens is 2. The molecule has 7 nitrogen and oxygen atoms in total. The topological polar surface area (TPSA) is 85.4 Å². The number of rotatable bonds is 10. The number of carbonyl (C=O) groups excluding carboxylic acids is 1. The van der Waals surface area contributed by atoms with Crippen LogP contribution >= 0.6 is 11.3 Å². The van der Waals surface area contributed by atoms with Crippen LogP contribution in [0.1, 0.15) is 50.7 Å². The highest BCUT2D eigenvalue weighted by atomic mass is 32.1. The van der Waals surface area contributed by atoms with E-state index in [1.54, 1.807) is 17.4 Å². The summed E-state index contributed by atoms with van der Waals surface area (Å²) in [4.78, 5) is 12.5. The Bertz CT molecular complexity index is 1590. The lowest BCUT2D eigenvalue weighted by atomic mass is 9.73. The highest BCUT2D eigenvalue weighted by Crippen LogP contribution is 2.40. The highest BCUT2D eigenvalue weighted by molar-refractivity contribution is 7.17. The van der Waals surface area contributed by atoms with Crippen molar-refractivity contribution in [2.24, 2.45) is 11.3 Å². The van der Waals surface area contributed by atoms with Gasteiger partial charge in [0.2, 0.25) is 5.91 Å². The molecule has 9 heteroatoms. The van der Waals surface area contributed by atoms with Gasteiger partial charge in [-0.3, -0.25) is 4.79 Å². The lowest BCUT2D eigenvalue weighted by Crippen LogP contribution is -2.36. The Hall–Kier alpha value is -3.40. The quantitative estimate of drug-likeness (QED) is 0.201. The van der Waals surface area contributed by atoms with Crippen molar-refractivity contribution in [1.82, 2.24) is 20.8 Å². The normalized spacial score (nSPS) is 16.6. The molecule has 0 unspecified atom stereocenters. The second-order valence-electron chi connectivity index (χ2n) is 12.3. The summed E-state index contributed by atoms with van der Waals surface area (Å²) in [6, 6.07) is 13.1. The van der Waals surface area contributed by atoms with Gasteiger partial charge in [-0.05, 0) is 84.8 Å². The lowest BCUT2D eigenvalue weighted by molar-refractivity contribution is -0.126. The number of thiophene rings is 1. The summed E-state index contributed by atoms with van der Waals surface area (Å²) in [5.41, 5.74) is 6.26. The molecule has 1 amide bonds. The number of nitrogens with zero attached hydrogens (tertiary/aromatic N) is 2. The van der Waals surface area contributed by atoms with Gasteiger partial charge in [0.25, 0.3) is 0 Å². The zero-order valence-electron chi connectivity index (χ0n) is 24.9. The molecule has 1 aliphatic heterocycles. The number of benzene rings is 2. The Labute approximate surface area is 256 Å². The van der Waals surface area contributed by atoms with Crippen molar-refractivity contribution in [2.75, 3.05) is 32.9 Å². The van der Waals surface area contributed by atoms with Gasteiger partial charge in [0.15, 0.2) is 0 Å². The number of amides is 1. The Balaban J connectivity index is 1.07. The third kappa shape index (κ3) is 6.89. The Kier molecular flexibility index (Phi) is 9.02. The first kappa shape index (κ1) is 29.7. The molecular weight excluding hydrogens is 563 g/mol. The van der Waals surface area contributed by atoms with E-state index in [2.05, 4.69) is 58.9 Å². The number of hydrogen-bond donors (Lipinski definition) is 2. The maximum atomic E-state index is 14.3. The van der Waals surface area contributed by atoms with Gasteiger partial charge in [-0.2, -0.15) is 0 Å². The summed E-state index contributed by atoms with van der Waals surface area (Å²) >= 11 is 1.59. The van der Waals surface area contributed by atoms with Crippen LogP contribution in [-0.4, -0.2) is 49.0 Å². The van der Waals surface area contributed by atoms with Crippen LogP contribution in [0.4, 0.5) is 4.39 Å². The molecule has 0 atom stereocenters. The number of carbonyl (C=O) groups is 1.